The Morgan fingerprint density at radius 3 is 1.48 bits per heavy atom. The summed E-state index contributed by atoms with van der Waals surface area (Å²) in [5.74, 6) is 1.34. The summed E-state index contributed by atoms with van der Waals surface area (Å²) in [5, 5.41) is 40.1. The zero-order valence-corrected chi connectivity index (χ0v) is 31.6. The maximum Gasteiger partial charge on any atom is 0.306 e. The molecule has 0 radical (unpaired) electrons. The molecule has 7 atom stereocenters. The highest BCUT2D eigenvalue weighted by atomic mass is 16.6. The van der Waals surface area contributed by atoms with Crippen molar-refractivity contribution in [2.75, 3.05) is 19.8 Å². The fraction of sp³-hybridized carbons (Fsp3) is 0.975. The Labute approximate surface area is 295 Å². The minimum absolute atomic E-state index is 0.0994. The largest absolute Gasteiger partial charge is 0.457 e. The van der Waals surface area contributed by atoms with Crippen molar-refractivity contribution in [3.05, 3.63) is 0 Å². The number of aliphatic hydroxyl groups excluding tert-OH is 4. The summed E-state index contributed by atoms with van der Waals surface area (Å²) >= 11 is 0. The van der Waals surface area contributed by atoms with Crippen LogP contribution >= 0.6 is 0 Å². The predicted molar refractivity (Wildman–Crippen MR) is 195 cm³/mol. The molecule has 1 saturated carbocycles. The molecule has 0 bridgehead atoms. The molecule has 1 fully saturated rings. The maximum atomic E-state index is 12.7. The van der Waals surface area contributed by atoms with Gasteiger partial charge in [0.25, 0.3) is 0 Å². The molecule has 0 heterocycles. The average molecular weight is 687 g/mol. The third-order valence-electron chi connectivity index (χ3n) is 10.2. The van der Waals surface area contributed by atoms with E-state index in [1.807, 2.05) is 0 Å². The molecule has 1 rings (SSSR count). The van der Waals surface area contributed by atoms with E-state index in [0.29, 0.717) is 13.0 Å². The first-order valence-electron chi connectivity index (χ1n) is 20.3. The fourth-order valence-corrected chi connectivity index (χ4v) is 6.81. The predicted octanol–water partition coefficient (Wildman–Crippen LogP) is 8.43. The summed E-state index contributed by atoms with van der Waals surface area (Å²) in [6.45, 7) is 9.89. The van der Waals surface area contributed by atoms with E-state index in [9.17, 15) is 25.2 Å². The monoisotopic (exact) mass is 687 g/mol. The highest BCUT2D eigenvalue weighted by molar-refractivity contribution is 5.69. The second-order valence-corrected chi connectivity index (χ2v) is 15.1. The Hall–Kier alpha value is -0.770. The van der Waals surface area contributed by atoms with Crippen molar-refractivity contribution < 1.29 is 39.4 Å². The van der Waals surface area contributed by atoms with Crippen LogP contribution in [0.5, 0.6) is 0 Å². The van der Waals surface area contributed by atoms with Gasteiger partial charge in [0, 0.05) is 13.0 Å². The van der Waals surface area contributed by atoms with Crippen LogP contribution < -0.4 is 0 Å². The van der Waals surface area contributed by atoms with E-state index in [-0.39, 0.29) is 19.2 Å². The Balaban J connectivity index is 2.27. The van der Waals surface area contributed by atoms with Gasteiger partial charge in [0.15, 0.2) is 0 Å². The van der Waals surface area contributed by atoms with Crippen molar-refractivity contribution in [1.82, 2.24) is 0 Å². The van der Waals surface area contributed by atoms with E-state index in [0.717, 1.165) is 43.9 Å². The lowest BCUT2D eigenvalue weighted by Gasteiger charge is -2.24. The Kier molecular flexibility index (Phi) is 28.2. The molecule has 48 heavy (non-hydrogen) atoms. The van der Waals surface area contributed by atoms with Crippen molar-refractivity contribution >= 4 is 5.97 Å². The quantitative estimate of drug-likeness (QED) is 0.0401. The lowest BCUT2D eigenvalue weighted by atomic mass is 9.96. The first-order valence-corrected chi connectivity index (χ1v) is 20.3. The van der Waals surface area contributed by atoms with Crippen LogP contribution in [0, 0.1) is 11.8 Å². The highest BCUT2D eigenvalue weighted by Crippen LogP contribution is 2.25. The first-order chi connectivity index (χ1) is 23.2. The van der Waals surface area contributed by atoms with Gasteiger partial charge in [-0.1, -0.05) is 163 Å². The number of hydrogen-bond acceptors (Lipinski definition) is 8. The van der Waals surface area contributed by atoms with Crippen molar-refractivity contribution in [2.24, 2.45) is 11.8 Å². The molecule has 0 saturated heterocycles. The Morgan fingerprint density at radius 1 is 0.542 bits per heavy atom. The molecule has 0 aromatic heterocycles. The number of hydrogen-bond donors (Lipinski definition) is 4. The number of ether oxygens (including phenoxy) is 3. The minimum Gasteiger partial charge on any atom is -0.457 e. The number of carbonyl (C=O) groups excluding carboxylic acids is 1. The van der Waals surface area contributed by atoms with E-state index in [1.165, 1.54) is 116 Å². The van der Waals surface area contributed by atoms with Crippen molar-refractivity contribution in [2.45, 2.75) is 218 Å². The van der Waals surface area contributed by atoms with Crippen molar-refractivity contribution in [3.8, 4) is 0 Å². The molecular weight excluding hydrogens is 608 g/mol. The van der Waals surface area contributed by atoms with E-state index in [4.69, 9.17) is 14.2 Å². The molecule has 0 spiro atoms. The first kappa shape index (κ1) is 45.3. The van der Waals surface area contributed by atoms with Gasteiger partial charge in [-0.2, -0.15) is 0 Å². The third kappa shape index (κ3) is 22.1. The molecule has 1 aliphatic carbocycles. The minimum atomic E-state index is -1.49. The summed E-state index contributed by atoms with van der Waals surface area (Å²) in [6, 6.07) is 0. The van der Waals surface area contributed by atoms with E-state index in [1.54, 1.807) is 0 Å². The second kappa shape index (κ2) is 29.9. The van der Waals surface area contributed by atoms with Crippen LogP contribution in [0.15, 0.2) is 0 Å². The molecule has 0 aromatic rings. The standard InChI is InChI=1S/C40H78O8/c1-5-7-9-19-25-33(4)27-20-14-11-10-12-17-23-29-46-30-34(31-47-40-38(44)36(42)37(43)39(40)45)48-35(41)28-22-16-13-15-21-26-32(3)24-18-8-6-2/h32-34,36-40,42-45H,5-31H2,1-4H3/t32-,33+,34+,36-,37-,38+,39+/m1/s1. The number of aliphatic hydroxyl groups is 4. The molecule has 286 valence electrons. The smallest absolute Gasteiger partial charge is 0.306 e. The lowest BCUT2D eigenvalue weighted by Crippen LogP contribution is -2.39. The van der Waals surface area contributed by atoms with Gasteiger partial charge in [-0.25, -0.2) is 0 Å². The number of rotatable bonds is 33. The zero-order chi connectivity index (χ0) is 35.4. The van der Waals surface area contributed by atoms with Gasteiger partial charge < -0.3 is 34.6 Å². The summed E-state index contributed by atoms with van der Waals surface area (Å²) in [6.07, 6.45) is 21.1. The van der Waals surface area contributed by atoms with Crippen molar-refractivity contribution in [3.63, 3.8) is 0 Å². The summed E-state index contributed by atoms with van der Waals surface area (Å²) in [5.41, 5.74) is 0. The van der Waals surface area contributed by atoms with E-state index < -0.39 is 36.6 Å². The summed E-state index contributed by atoms with van der Waals surface area (Å²) in [4.78, 5) is 12.7. The zero-order valence-electron chi connectivity index (χ0n) is 31.6. The van der Waals surface area contributed by atoms with Crippen LogP contribution in [-0.4, -0.2) is 82.8 Å². The van der Waals surface area contributed by atoms with Crippen molar-refractivity contribution in [1.29, 1.82) is 0 Å². The van der Waals surface area contributed by atoms with Gasteiger partial charge in [-0.05, 0) is 24.7 Å². The van der Waals surface area contributed by atoms with Gasteiger partial charge >= 0.3 is 5.97 Å². The van der Waals surface area contributed by atoms with Gasteiger partial charge in [0.1, 0.15) is 36.6 Å². The van der Waals surface area contributed by atoms with Crippen LogP contribution in [0.25, 0.3) is 0 Å². The molecule has 8 nitrogen and oxygen atoms in total. The van der Waals surface area contributed by atoms with Crippen LogP contribution in [0.3, 0.4) is 0 Å². The molecular formula is C40H78O8. The Bertz CT molecular complexity index is 722. The van der Waals surface area contributed by atoms with E-state index in [2.05, 4.69) is 27.7 Å². The molecule has 0 amide bonds. The van der Waals surface area contributed by atoms with Gasteiger partial charge in [-0.15, -0.1) is 0 Å². The van der Waals surface area contributed by atoms with Gasteiger partial charge in [0.2, 0.25) is 0 Å². The van der Waals surface area contributed by atoms with Gasteiger partial charge in [0.05, 0.1) is 13.2 Å². The average Bonchev–Trinajstić information content (AvgIpc) is 3.25. The fourth-order valence-electron chi connectivity index (χ4n) is 6.81. The molecule has 4 N–H and O–H groups in total. The third-order valence-corrected chi connectivity index (χ3v) is 10.2. The van der Waals surface area contributed by atoms with Crippen LogP contribution in [0.1, 0.15) is 182 Å². The van der Waals surface area contributed by atoms with Crippen LogP contribution in [-0.2, 0) is 19.0 Å². The number of esters is 1. The van der Waals surface area contributed by atoms with E-state index >= 15 is 0 Å². The summed E-state index contributed by atoms with van der Waals surface area (Å²) in [7, 11) is 0. The topological polar surface area (TPSA) is 126 Å². The number of unbranched alkanes of at least 4 members (excludes halogenated alkanes) is 15. The molecule has 1 aliphatic rings. The highest BCUT2D eigenvalue weighted by Gasteiger charge is 2.49. The summed E-state index contributed by atoms with van der Waals surface area (Å²) < 4.78 is 17.2. The number of carbonyl (C=O) groups is 1. The van der Waals surface area contributed by atoms with Gasteiger partial charge in [-0.3, -0.25) is 4.79 Å². The molecule has 0 unspecified atom stereocenters. The second-order valence-electron chi connectivity index (χ2n) is 15.1. The normalized spacial score (nSPS) is 21.8. The lowest BCUT2D eigenvalue weighted by molar-refractivity contribution is -0.163. The molecule has 8 heteroatoms. The molecule has 0 aliphatic heterocycles. The van der Waals surface area contributed by atoms with Crippen LogP contribution in [0.4, 0.5) is 0 Å². The Morgan fingerprint density at radius 2 is 0.958 bits per heavy atom. The maximum absolute atomic E-state index is 12.7. The SMILES string of the molecule is CCCCCC[C@H](C)CCCCCCCCCOC[C@@H](COC1[C@@H](O)[C@H](O)[C@@H](O)[C@@H]1O)OC(=O)CCCCCCC[C@H](C)CCCCC. The van der Waals surface area contributed by atoms with Crippen LogP contribution in [0.2, 0.25) is 0 Å². The molecule has 0 aromatic carbocycles.